The van der Waals surface area contributed by atoms with Crippen LogP contribution in [0.5, 0.6) is 11.6 Å². The molecule has 0 aliphatic rings. The van der Waals surface area contributed by atoms with Gasteiger partial charge in [-0.15, -0.1) is 0 Å². The Labute approximate surface area is 133 Å². The van der Waals surface area contributed by atoms with Crippen molar-refractivity contribution in [2.24, 2.45) is 0 Å². The molecule has 2 aromatic rings. The van der Waals surface area contributed by atoms with Crippen molar-refractivity contribution >= 4 is 11.6 Å². The number of rotatable bonds is 5. The molecule has 0 saturated heterocycles. The molecular weight excluding hydrogens is 296 g/mol. The number of aromatic hydroxyl groups is 1. The van der Waals surface area contributed by atoms with Gasteiger partial charge in [0, 0.05) is 6.54 Å². The Balaban J connectivity index is 2.15. The maximum absolute atomic E-state index is 12.2. The summed E-state index contributed by atoms with van der Waals surface area (Å²) < 4.78 is 5.25. The lowest BCUT2D eigenvalue weighted by Gasteiger charge is -2.10. The van der Waals surface area contributed by atoms with Crippen LogP contribution in [0.25, 0.3) is 0 Å². The zero-order valence-electron chi connectivity index (χ0n) is 12.5. The standard InChI is InChI=1S/C16H16N4O3/c1-2-23-16-12(8-17)13(18)7-14(20-16)15(22)19-9-10-3-5-11(21)6-4-10/h3-7,21H,2,9H2,1H3,(H2,18,20)(H,19,22). The second-order valence-corrected chi connectivity index (χ2v) is 4.67. The Hall–Kier alpha value is -3.27. The Morgan fingerprint density at radius 2 is 2.13 bits per heavy atom. The molecule has 7 nitrogen and oxygen atoms in total. The number of nitrogens with one attached hydrogen (secondary N) is 1. The number of anilines is 1. The first-order valence-electron chi connectivity index (χ1n) is 6.94. The molecule has 0 saturated carbocycles. The second kappa shape index (κ2) is 7.13. The minimum atomic E-state index is -0.435. The highest BCUT2D eigenvalue weighted by Crippen LogP contribution is 2.22. The molecular formula is C16H16N4O3. The van der Waals surface area contributed by atoms with Crippen molar-refractivity contribution in [1.29, 1.82) is 5.26 Å². The van der Waals surface area contributed by atoms with E-state index in [0.29, 0.717) is 6.61 Å². The minimum Gasteiger partial charge on any atom is -0.508 e. The third kappa shape index (κ3) is 3.89. The smallest absolute Gasteiger partial charge is 0.270 e. The maximum atomic E-state index is 12.2. The van der Waals surface area contributed by atoms with Gasteiger partial charge in [-0.25, -0.2) is 4.98 Å². The number of nitrogen functional groups attached to an aromatic ring is 1. The van der Waals surface area contributed by atoms with Crippen molar-refractivity contribution in [2.45, 2.75) is 13.5 Å². The monoisotopic (exact) mass is 312 g/mol. The number of carbonyl (C=O) groups excluding carboxylic acids is 1. The minimum absolute atomic E-state index is 0.0461. The van der Waals surface area contributed by atoms with E-state index < -0.39 is 5.91 Å². The zero-order valence-corrected chi connectivity index (χ0v) is 12.5. The number of nitrogens with two attached hydrogens (primary N) is 1. The lowest BCUT2D eigenvalue weighted by Crippen LogP contribution is -2.24. The molecule has 0 radical (unpaired) electrons. The van der Waals surface area contributed by atoms with Crippen LogP contribution >= 0.6 is 0 Å². The molecule has 0 aliphatic carbocycles. The van der Waals surface area contributed by atoms with Crippen LogP contribution < -0.4 is 15.8 Å². The lowest BCUT2D eigenvalue weighted by molar-refractivity contribution is 0.0945. The number of carbonyl (C=O) groups is 1. The summed E-state index contributed by atoms with van der Waals surface area (Å²) in [6.45, 7) is 2.32. The number of nitriles is 1. The van der Waals surface area contributed by atoms with E-state index in [4.69, 9.17) is 15.7 Å². The number of benzene rings is 1. The van der Waals surface area contributed by atoms with E-state index in [1.54, 1.807) is 19.1 Å². The number of phenols is 1. The number of nitrogens with zero attached hydrogens (tertiary/aromatic N) is 2. The summed E-state index contributed by atoms with van der Waals surface area (Å²) in [5, 5.41) is 21.0. The van der Waals surface area contributed by atoms with Gasteiger partial charge in [0.05, 0.1) is 12.3 Å². The molecule has 2 rings (SSSR count). The summed E-state index contributed by atoms with van der Waals surface area (Å²) in [7, 11) is 0. The van der Waals surface area contributed by atoms with Gasteiger partial charge in [0.25, 0.3) is 5.91 Å². The average molecular weight is 312 g/mol. The molecule has 0 spiro atoms. The molecule has 0 fully saturated rings. The van der Waals surface area contributed by atoms with Crippen LogP contribution in [0.3, 0.4) is 0 Å². The van der Waals surface area contributed by atoms with Crippen LogP contribution in [0.15, 0.2) is 30.3 Å². The number of pyridine rings is 1. The quantitative estimate of drug-likeness (QED) is 0.770. The van der Waals surface area contributed by atoms with E-state index in [0.717, 1.165) is 5.56 Å². The van der Waals surface area contributed by atoms with E-state index >= 15 is 0 Å². The number of hydrogen-bond donors (Lipinski definition) is 3. The van der Waals surface area contributed by atoms with Crippen molar-refractivity contribution in [2.75, 3.05) is 12.3 Å². The summed E-state index contributed by atoms with van der Waals surface area (Å²) in [6.07, 6.45) is 0. The van der Waals surface area contributed by atoms with Gasteiger partial charge in [-0.3, -0.25) is 4.79 Å². The molecule has 0 aliphatic heterocycles. The fourth-order valence-corrected chi connectivity index (χ4v) is 1.90. The van der Waals surface area contributed by atoms with E-state index in [1.165, 1.54) is 18.2 Å². The molecule has 1 amide bonds. The number of aromatic nitrogens is 1. The molecule has 0 bridgehead atoms. The largest absolute Gasteiger partial charge is 0.508 e. The first kappa shape index (κ1) is 16.1. The van der Waals surface area contributed by atoms with Crippen LogP contribution in [0.4, 0.5) is 5.69 Å². The van der Waals surface area contributed by atoms with E-state index in [2.05, 4.69) is 10.3 Å². The van der Waals surface area contributed by atoms with Gasteiger partial charge in [-0.05, 0) is 30.7 Å². The van der Waals surface area contributed by atoms with Gasteiger partial charge in [-0.1, -0.05) is 12.1 Å². The Bertz CT molecular complexity index is 751. The predicted octanol–water partition coefficient (Wildman–Crippen LogP) is 1.57. The third-order valence-electron chi connectivity index (χ3n) is 3.03. The van der Waals surface area contributed by atoms with Crippen molar-refractivity contribution < 1.29 is 14.6 Å². The van der Waals surface area contributed by atoms with E-state index in [9.17, 15) is 9.90 Å². The highest BCUT2D eigenvalue weighted by Gasteiger charge is 2.16. The zero-order chi connectivity index (χ0) is 16.8. The average Bonchev–Trinajstić information content (AvgIpc) is 2.54. The second-order valence-electron chi connectivity index (χ2n) is 4.67. The topological polar surface area (TPSA) is 121 Å². The van der Waals surface area contributed by atoms with Crippen molar-refractivity contribution in [3.63, 3.8) is 0 Å². The predicted molar refractivity (Wildman–Crippen MR) is 83.8 cm³/mol. The molecule has 0 atom stereocenters. The van der Waals surface area contributed by atoms with E-state index in [1.807, 2.05) is 6.07 Å². The van der Waals surface area contributed by atoms with Crippen molar-refractivity contribution in [1.82, 2.24) is 10.3 Å². The maximum Gasteiger partial charge on any atom is 0.270 e. The van der Waals surface area contributed by atoms with Gasteiger partial charge < -0.3 is 20.9 Å². The number of amides is 1. The summed E-state index contributed by atoms with van der Waals surface area (Å²) in [4.78, 5) is 16.2. The lowest BCUT2D eigenvalue weighted by atomic mass is 10.2. The number of ether oxygens (including phenoxy) is 1. The normalized spacial score (nSPS) is 9.91. The van der Waals surface area contributed by atoms with Crippen molar-refractivity contribution in [3.05, 3.63) is 47.2 Å². The van der Waals surface area contributed by atoms with Crippen LogP contribution in [0.1, 0.15) is 28.5 Å². The molecule has 7 heteroatoms. The molecule has 4 N–H and O–H groups in total. The van der Waals surface area contributed by atoms with Crippen LogP contribution in [0, 0.1) is 11.3 Å². The molecule has 1 aromatic carbocycles. The fraction of sp³-hybridized carbons (Fsp3) is 0.188. The first-order chi connectivity index (χ1) is 11.0. The highest BCUT2D eigenvalue weighted by molar-refractivity contribution is 5.93. The number of hydrogen-bond acceptors (Lipinski definition) is 6. The number of phenolic OH excluding ortho intramolecular Hbond substituents is 1. The molecule has 1 aromatic heterocycles. The van der Waals surface area contributed by atoms with Gasteiger partial charge >= 0.3 is 0 Å². The first-order valence-corrected chi connectivity index (χ1v) is 6.94. The van der Waals surface area contributed by atoms with E-state index in [-0.39, 0.29) is 35.1 Å². The molecule has 23 heavy (non-hydrogen) atoms. The van der Waals surface area contributed by atoms with Crippen LogP contribution in [0.2, 0.25) is 0 Å². The SMILES string of the molecule is CCOc1nc(C(=O)NCc2ccc(O)cc2)cc(N)c1C#N. The van der Waals surface area contributed by atoms with Gasteiger partial charge in [0.2, 0.25) is 5.88 Å². The fourth-order valence-electron chi connectivity index (χ4n) is 1.90. The highest BCUT2D eigenvalue weighted by atomic mass is 16.5. The van der Waals surface area contributed by atoms with Gasteiger partial charge in [0.15, 0.2) is 0 Å². The summed E-state index contributed by atoms with van der Waals surface area (Å²) in [5.74, 6) is -0.233. The summed E-state index contributed by atoms with van der Waals surface area (Å²) in [5.41, 5.74) is 6.92. The molecule has 1 heterocycles. The summed E-state index contributed by atoms with van der Waals surface area (Å²) >= 11 is 0. The van der Waals surface area contributed by atoms with Crippen molar-refractivity contribution in [3.8, 4) is 17.7 Å². The Morgan fingerprint density at radius 3 is 2.74 bits per heavy atom. The van der Waals surface area contributed by atoms with Gasteiger partial charge in [-0.2, -0.15) is 5.26 Å². The third-order valence-corrected chi connectivity index (χ3v) is 3.03. The molecule has 118 valence electrons. The molecule has 0 unspecified atom stereocenters. The van der Waals surface area contributed by atoms with Gasteiger partial charge in [0.1, 0.15) is 23.1 Å². The van der Waals surface area contributed by atoms with Crippen LogP contribution in [-0.2, 0) is 6.54 Å². The van der Waals surface area contributed by atoms with Crippen LogP contribution in [-0.4, -0.2) is 22.6 Å². The summed E-state index contributed by atoms with van der Waals surface area (Å²) in [6, 6.07) is 9.71. The Morgan fingerprint density at radius 1 is 1.43 bits per heavy atom. The Kier molecular flexibility index (Phi) is 5.00.